The molecular weight excluding hydrogens is 349 g/mol. The maximum Gasteiger partial charge on any atom is 0.303 e. The Morgan fingerprint density at radius 3 is 2.68 bits per heavy atom. The van der Waals surface area contributed by atoms with Gasteiger partial charge in [0, 0.05) is 17.9 Å². The first-order chi connectivity index (χ1) is 11.8. The molecule has 0 atom stereocenters. The molecule has 0 aliphatic carbocycles. The summed E-state index contributed by atoms with van der Waals surface area (Å²) >= 11 is 6.05. The highest BCUT2D eigenvalue weighted by Crippen LogP contribution is 2.23. The minimum atomic E-state index is -0.927. The van der Waals surface area contributed by atoms with E-state index >= 15 is 0 Å². The summed E-state index contributed by atoms with van der Waals surface area (Å²) in [7, 11) is 0. The summed E-state index contributed by atoms with van der Waals surface area (Å²) in [5, 5.41) is 16.1. The fourth-order valence-electron chi connectivity index (χ4n) is 2.45. The average molecular weight is 368 g/mol. The Kier molecular flexibility index (Phi) is 6.14. The van der Waals surface area contributed by atoms with E-state index in [1.807, 2.05) is 6.92 Å². The fraction of sp³-hybridized carbons (Fsp3) is 0.353. The molecule has 1 heterocycles. The van der Waals surface area contributed by atoms with Gasteiger partial charge in [-0.3, -0.25) is 14.3 Å². The molecule has 1 aromatic carbocycles. The first-order valence-corrected chi connectivity index (χ1v) is 8.15. The monoisotopic (exact) mass is 367 g/mol. The second-order valence-electron chi connectivity index (χ2n) is 5.73. The van der Waals surface area contributed by atoms with Crippen molar-refractivity contribution in [3.8, 4) is 0 Å². The number of amides is 1. The number of aliphatic carboxylic acids is 1. The summed E-state index contributed by atoms with van der Waals surface area (Å²) in [5.74, 6) is -1.59. The molecule has 8 heteroatoms. The van der Waals surface area contributed by atoms with Gasteiger partial charge in [0.05, 0.1) is 23.6 Å². The molecule has 0 fully saturated rings. The second kappa shape index (κ2) is 8.11. The molecule has 2 rings (SSSR count). The Morgan fingerprint density at radius 2 is 2.04 bits per heavy atom. The van der Waals surface area contributed by atoms with Crippen LogP contribution in [0.2, 0.25) is 5.02 Å². The van der Waals surface area contributed by atoms with Crippen LogP contribution in [0.1, 0.15) is 36.2 Å². The zero-order valence-corrected chi connectivity index (χ0v) is 14.7. The quantitative estimate of drug-likeness (QED) is 0.784. The van der Waals surface area contributed by atoms with Crippen molar-refractivity contribution < 1.29 is 19.1 Å². The van der Waals surface area contributed by atoms with Crippen molar-refractivity contribution >= 4 is 29.2 Å². The number of carbonyl (C=O) groups excluding carboxylic acids is 1. The molecule has 0 unspecified atom stereocenters. The molecule has 6 nitrogen and oxygen atoms in total. The molecule has 0 saturated carbocycles. The lowest BCUT2D eigenvalue weighted by Crippen LogP contribution is -2.13. The van der Waals surface area contributed by atoms with Gasteiger partial charge in [-0.2, -0.15) is 5.10 Å². The molecule has 25 heavy (non-hydrogen) atoms. The van der Waals surface area contributed by atoms with E-state index in [0.29, 0.717) is 28.5 Å². The number of carboxylic acids is 1. The van der Waals surface area contributed by atoms with Crippen LogP contribution in [0.5, 0.6) is 0 Å². The minimum Gasteiger partial charge on any atom is -0.481 e. The summed E-state index contributed by atoms with van der Waals surface area (Å²) in [6.45, 7) is 3.92. The summed E-state index contributed by atoms with van der Waals surface area (Å²) in [6.07, 6.45) is 0.354. The SMILES string of the molecule is Cc1nn(Cc2ccc(F)cc2Cl)c(C)c1NC(=O)CCCC(=O)O. The lowest BCUT2D eigenvalue weighted by Gasteiger charge is -2.08. The van der Waals surface area contributed by atoms with Crippen molar-refractivity contribution in [3.05, 3.63) is 46.0 Å². The number of nitrogens with one attached hydrogen (secondary N) is 1. The molecule has 2 N–H and O–H groups in total. The van der Waals surface area contributed by atoms with Crippen LogP contribution in [-0.2, 0) is 16.1 Å². The van der Waals surface area contributed by atoms with Crippen molar-refractivity contribution in [2.45, 2.75) is 39.7 Å². The number of hydrogen-bond acceptors (Lipinski definition) is 3. The first-order valence-electron chi connectivity index (χ1n) is 7.77. The van der Waals surface area contributed by atoms with Gasteiger partial charge >= 0.3 is 5.97 Å². The Bertz CT molecular complexity index is 805. The van der Waals surface area contributed by atoms with Gasteiger partial charge < -0.3 is 10.4 Å². The average Bonchev–Trinajstić information content (AvgIpc) is 2.77. The Hall–Kier alpha value is -2.41. The zero-order valence-electron chi connectivity index (χ0n) is 14.0. The van der Waals surface area contributed by atoms with Crippen LogP contribution in [0.3, 0.4) is 0 Å². The molecule has 0 bridgehead atoms. The number of nitrogens with zero attached hydrogens (tertiary/aromatic N) is 2. The number of aromatic nitrogens is 2. The van der Waals surface area contributed by atoms with E-state index in [1.165, 1.54) is 12.1 Å². The number of anilines is 1. The van der Waals surface area contributed by atoms with Crippen LogP contribution in [0.4, 0.5) is 10.1 Å². The minimum absolute atomic E-state index is 0.0479. The van der Waals surface area contributed by atoms with E-state index in [0.717, 1.165) is 5.69 Å². The number of carboxylic acid groups (broad SMARTS) is 1. The van der Waals surface area contributed by atoms with Crippen LogP contribution in [0.15, 0.2) is 18.2 Å². The fourth-order valence-corrected chi connectivity index (χ4v) is 2.67. The van der Waals surface area contributed by atoms with E-state index in [2.05, 4.69) is 10.4 Å². The van der Waals surface area contributed by atoms with Crippen molar-refractivity contribution in [1.82, 2.24) is 9.78 Å². The Balaban J connectivity index is 2.09. The number of benzene rings is 1. The van der Waals surface area contributed by atoms with Gasteiger partial charge in [0.15, 0.2) is 0 Å². The van der Waals surface area contributed by atoms with Gasteiger partial charge in [-0.25, -0.2) is 4.39 Å². The summed E-state index contributed by atoms with van der Waals surface area (Å²) < 4.78 is 14.8. The molecule has 0 aliphatic rings. The number of aryl methyl sites for hydroxylation is 1. The number of rotatable bonds is 7. The standard InChI is InChI=1S/C17H19ClFN3O3/c1-10-17(20-15(23)4-3-5-16(24)25)11(2)22(21-10)9-12-6-7-13(19)8-14(12)18/h6-8H,3-5,9H2,1-2H3,(H,20,23)(H,24,25). The normalized spacial score (nSPS) is 10.7. The molecule has 0 saturated heterocycles. The van der Waals surface area contributed by atoms with Gasteiger partial charge in [-0.05, 0) is 38.0 Å². The van der Waals surface area contributed by atoms with Gasteiger partial charge in [0.25, 0.3) is 0 Å². The third kappa shape index (κ3) is 5.03. The van der Waals surface area contributed by atoms with E-state index < -0.39 is 11.8 Å². The highest BCUT2D eigenvalue weighted by atomic mass is 35.5. The highest BCUT2D eigenvalue weighted by molar-refractivity contribution is 6.31. The van der Waals surface area contributed by atoms with Crippen molar-refractivity contribution in [2.75, 3.05) is 5.32 Å². The van der Waals surface area contributed by atoms with E-state index in [1.54, 1.807) is 17.7 Å². The summed E-state index contributed by atoms with van der Waals surface area (Å²) in [6, 6.07) is 4.17. The molecule has 1 amide bonds. The smallest absolute Gasteiger partial charge is 0.303 e. The van der Waals surface area contributed by atoms with Gasteiger partial charge in [-0.15, -0.1) is 0 Å². The number of hydrogen-bond donors (Lipinski definition) is 2. The van der Waals surface area contributed by atoms with Gasteiger partial charge in [0.2, 0.25) is 5.91 Å². The van der Waals surface area contributed by atoms with E-state index in [-0.39, 0.29) is 25.2 Å². The van der Waals surface area contributed by atoms with Crippen molar-refractivity contribution in [1.29, 1.82) is 0 Å². The summed E-state index contributed by atoms with van der Waals surface area (Å²) in [4.78, 5) is 22.4. The molecule has 0 aliphatic heterocycles. The molecule has 134 valence electrons. The largest absolute Gasteiger partial charge is 0.481 e. The third-order valence-electron chi connectivity index (χ3n) is 3.78. The topological polar surface area (TPSA) is 84.2 Å². The van der Waals surface area contributed by atoms with Crippen molar-refractivity contribution in [2.24, 2.45) is 0 Å². The predicted molar refractivity (Wildman–Crippen MR) is 92.3 cm³/mol. The van der Waals surface area contributed by atoms with Gasteiger partial charge in [-0.1, -0.05) is 17.7 Å². The first kappa shape index (κ1) is 18.9. The van der Waals surface area contributed by atoms with Crippen LogP contribution in [-0.4, -0.2) is 26.8 Å². The van der Waals surface area contributed by atoms with Crippen molar-refractivity contribution in [3.63, 3.8) is 0 Å². The molecule has 1 aromatic heterocycles. The second-order valence-corrected chi connectivity index (χ2v) is 6.14. The predicted octanol–water partition coefficient (Wildman–Crippen LogP) is 3.53. The summed E-state index contributed by atoms with van der Waals surface area (Å²) in [5.41, 5.74) is 2.69. The van der Waals surface area contributed by atoms with Crippen LogP contribution >= 0.6 is 11.6 Å². The maximum absolute atomic E-state index is 13.1. The van der Waals surface area contributed by atoms with Gasteiger partial charge in [0.1, 0.15) is 5.82 Å². The van der Waals surface area contributed by atoms with E-state index in [4.69, 9.17) is 16.7 Å². The van der Waals surface area contributed by atoms with Crippen LogP contribution in [0.25, 0.3) is 0 Å². The lowest BCUT2D eigenvalue weighted by molar-refractivity contribution is -0.137. The molecular formula is C17H19ClFN3O3. The lowest BCUT2D eigenvalue weighted by atomic mass is 10.2. The van der Waals surface area contributed by atoms with E-state index in [9.17, 15) is 14.0 Å². The Morgan fingerprint density at radius 1 is 1.32 bits per heavy atom. The number of carbonyl (C=O) groups is 2. The van der Waals surface area contributed by atoms with Crippen LogP contribution < -0.4 is 5.32 Å². The molecule has 2 aromatic rings. The van der Waals surface area contributed by atoms with Crippen LogP contribution in [0, 0.1) is 19.7 Å². The molecule has 0 spiro atoms. The molecule has 0 radical (unpaired) electrons. The Labute approximate surface area is 149 Å². The highest BCUT2D eigenvalue weighted by Gasteiger charge is 2.15. The number of halogens is 2. The zero-order chi connectivity index (χ0) is 18.6. The third-order valence-corrected chi connectivity index (χ3v) is 4.13. The maximum atomic E-state index is 13.1.